The van der Waals surface area contributed by atoms with E-state index in [1.54, 1.807) is 0 Å². The molecule has 5 unspecified atom stereocenters. The number of hydrogen-bond acceptors (Lipinski definition) is 5. The fourth-order valence-corrected chi connectivity index (χ4v) is 7.40. The van der Waals surface area contributed by atoms with Gasteiger partial charge in [0.25, 0.3) is 0 Å². The van der Waals surface area contributed by atoms with E-state index in [-0.39, 0.29) is 0 Å². The van der Waals surface area contributed by atoms with E-state index in [1.807, 2.05) is 13.8 Å². The number of allylic oxidation sites excluding steroid dienone is 4. The van der Waals surface area contributed by atoms with Gasteiger partial charge in [-0.15, -0.1) is 0 Å². The molecule has 0 radical (unpaired) electrons. The van der Waals surface area contributed by atoms with Gasteiger partial charge >= 0.3 is 0 Å². The van der Waals surface area contributed by atoms with E-state index in [0.29, 0.717) is 42.4 Å². The molecule has 5 nitrogen and oxygen atoms in total. The van der Waals surface area contributed by atoms with Crippen LogP contribution in [0, 0.1) is 23.2 Å². The van der Waals surface area contributed by atoms with Crippen LogP contribution >= 0.6 is 0 Å². The van der Waals surface area contributed by atoms with Crippen molar-refractivity contribution in [1.29, 1.82) is 0 Å². The van der Waals surface area contributed by atoms with Crippen LogP contribution in [0.3, 0.4) is 0 Å². The molecule has 3 saturated carbocycles. The summed E-state index contributed by atoms with van der Waals surface area (Å²) in [6.07, 6.45) is 14.6. The second-order valence-corrected chi connectivity index (χ2v) is 12.7. The Hall–Kier alpha value is -0.950. The minimum atomic E-state index is -4.69. The van der Waals surface area contributed by atoms with Crippen molar-refractivity contribution in [2.24, 2.45) is 23.2 Å². The summed E-state index contributed by atoms with van der Waals surface area (Å²) in [6, 6.07) is 0. The Morgan fingerprint density at radius 2 is 2.00 bits per heavy atom. The van der Waals surface area contributed by atoms with Gasteiger partial charge in [-0.1, -0.05) is 56.6 Å². The van der Waals surface area contributed by atoms with Gasteiger partial charge in [-0.05, 0) is 94.0 Å². The van der Waals surface area contributed by atoms with Crippen molar-refractivity contribution in [3.05, 3.63) is 35.5 Å². The molecule has 0 spiro atoms. The van der Waals surface area contributed by atoms with Gasteiger partial charge in [-0.2, -0.15) is 0 Å². The maximum atomic E-state index is 11.0. The molecule has 0 heterocycles. The molecular formula is C27H43O5S-. The van der Waals surface area contributed by atoms with Gasteiger partial charge in [0.05, 0.1) is 11.7 Å². The summed E-state index contributed by atoms with van der Waals surface area (Å²) in [5.74, 6) is 1.96. The SMILES string of the molecule is C=C1CCC(OS(=O)(=O)[O-])CC1=CC=C1CCCC2(C)C1CCC2C(C)CCCC(C)(C)O. The Morgan fingerprint density at radius 1 is 1.27 bits per heavy atom. The number of rotatable bonds is 8. The largest absolute Gasteiger partial charge is 0.726 e. The highest BCUT2D eigenvalue weighted by molar-refractivity contribution is 7.80. The van der Waals surface area contributed by atoms with E-state index >= 15 is 0 Å². The van der Waals surface area contributed by atoms with E-state index in [4.69, 9.17) is 4.18 Å². The van der Waals surface area contributed by atoms with Crippen molar-refractivity contribution in [2.45, 2.75) is 110 Å². The lowest BCUT2D eigenvalue weighted by Crippen LogP contribution is -2.36. The molecule has 188 valence electrons. The first kappa shape index (κ1) is 26.7. The molecule has 0 aromatic heterocycles. The van der Waals surface area contributed by atoms with Crippen LogP contribution < -0.4 is 0 Å². The second kappa shape index (κ2) is 10.3. The van der Waals surface area contributed by atoms with Crippen molar-refractivity contribution < 1.29 is 22.3 Å². The van der Waals surface area contributed by atoms with Crippen molar-refractivity contribution in [2.75, 3.05) is 0 Å². The molecule has 5 atom stereocenters. The third kappa shape index (κ3) is 7.03. The van der Waals surface area contributed by atoms with Gasteiger partial charge < -0.3 is 9.66 Å². The Kier molecular flexibility index (Phi) is 8.36. The molecule has 1 N–H and O–H groups in total. The first-order chi connectivity index (χ1) is 15.3. The zero-order valence-corrected chi connectivity index (χ0v) is 21.8. The van der Waals surface area contributed by atoms with Gasteiger partial charge in [0.15, 0.2) is 0 Å². The molecule has 0 saturated heterocycles. The predicted molar refractivity (Wildman–Crippen MR) is 131 cm³/mol. The van der Waals surface area contributed by atoms with Crippen LogP contribution in [0.5, 0.6) is 0 Å². The lowest BCUT2D eigenvalue weighted by atomic mass is 9.60. The molecule has 33 heavy (non-hydrogen) atoms. The smallest absolute Gasteiger partial charge is 0.217 e. The Labute approximate surface area is 201 Å². The first-order valence-electron chi connectivity index (χ1n) is 12.7. The standard InChI is InChI=1S/C27H44O5S/c1-19-10-13-23(32-33(29,30)31)18-22(19)12-11-21-9-7-17-27(5)24(14-15-25(21)27)20(2)8-6-16-26(3,4)28/h11-12,20,23-25,28H,1,6-10,13-18H2,2-5H3,(H,29,30,31)/p-1. The third-order valence-corrected chi connectivity index (χ3v) is 9.10. The molecule has 0 amide bonds. The van der Waals surface area contributed by atoms with Crippen LogP contribution in [-0.2, 0) is 14.6 Å². The van der Waals surface area contributed by atoms with Gasteiger partial charge in [0, 0.05) is 6.42 Å². The third-order valence-electron chi connectivity index (χ3n) is 8.60. The van der Waals surface area contributed by atoms with E-state index in [9.17, 15) is 18.1 Å². The summed E-state index contributed by atoms with van der Waals surface area (Å²) in [5.41, 5.74) is 3.27. The highest BCUT2D eigenvalue weighted by atomic mass is 32.3. The fourth-order valence-electron chi connectivity index (χ4n) is 6.90. The first-order valence-corrected chi connectivity index (χ1v) is 14.1. The van der Waals surface area contributed by atoms with E-state index < -0.39 is 22.1 Å². The van der Waals surface area contributed by atoms with Gasteiger partial charge in [0.1, 0.15) is 0 Å². The van der Waals surface area contributed by atoms with Crippen molar-refractivity contribution in [3.8, 4) is 0 Å². The topological polar surface area (TPSA) is 86.7 Å². The summed E-state index contributed by atoms with van der Waals surface area (Å²) < 4.78 is 37.8. The highest BCUT2D eigenvalue weighted by Crippen LogP contribution is 2.60. The van der Waals surface area contributed by atoms with Gasteiger partial charge in [-0.3, -0.25) is 4.18 Å². The second-order valence-electron chi connectivity index (χ2n) is 11.7. The van der Waals surface area contributed by atoms with Crippen molar-refractivity contribution in [1.82, 2.24) is 0 Å². The molecule has 3 fully saturated rings. The quantitative estimate of drug-likeness (QED) is 0.330. The summed E-state index contributed by atoms with van der Waals surface area (Å²) in [5, 5.41) is 10.1. The van der Waals surface area contributed by atoms with E-state index in [2.05, 4.69) is 32.6 Å². The van der Waals surface area contributed by atoms with E-state index in [1.165, 1.54) is 37.7 Å². The molecule has 3 aliphatic rings. The van der Waals surface area contributed by atoms with Gasteiger partial charge in [-0.25, -0.2) is 8.42 Å². The van der Waals surface area contributed by atoms with Crippen LogP contribution in [0.1, 0.15) is 98.3 Å². The highest BCUT2D eigenvalue weighted by Gasteiger charge is 2.50. The number of aliphatic hydroxyl groups is 1. The van der Waals surface area contributed by atoms with Crippen molar-refractivity contribution in [3.63, 3.8) is 0 Å². The van der Waals surface area contributed by atoms with Crippen LogP contribution in [0.4, 0.5) is 0 Å². The normalized spacial score (nSPS) is 34.6. The molecule has 0 aromatic carbocycles. The van der Waals surface area contributed by atoms with Crippen LogP contribution in [0.2, 0.25) is 0 Å². The Bertz CT molecular complexity index is 879. The Morgan fingerprint density at radius 3 is 2.67 bits per heavy atom. The number of fused-ring (bicyclic) bond motifs is 1. The monoisotopic (exact) mass is 479 g/mol. The predicted octanol–water partition coefficient (Wildman–Crippen LogP) is 6.22. The molecular weight excluding hydrogens is 436 g/mol. The van der Waals surface area contributed by atoms with Crippen LogP contribution in [0.15, 0.2) is 35.5 Å². The zero-order chi connectivity index (χ0) is 24.4. The minimum Gasteiger partial charge on any atom is -0.726 e. The minimum absolute atomic E-state index is 0.322. The maximum Gasteiger partial charge on any atom is 0.217 e. The molecule has 0 bridgehead atoms. The summed E-state index contributed by atoms with van der Waals surface area (Å²) >= 11 is 0. The molecule has 0 aliphatic heterocycles. The van der Waals surface area contributed by atoms with Crippen LogP contribution in [0.25, 0.3) is 0 Å². The average molecular weight is 480 g/mol. The zero-order valence-electron chi connectivity index (χ0n) is 20.9. The summed E-state index contributed by atoms with van der Waals surface area (Å²) in [6.45, 7) is 12.8. The average Bonchev–Trinajstić information content (AvgIpc) is 3.03. The number of hydrogen-bond donors (Lipinski definition) is 1. The summed E-state index contributed by atoms with van der Waals surface area (Å²) in [4.78, 5) is 0. The molecule has 3 rings (SSSR count). The maximum absolute atomic E-state index is 11.0. The molecule has 6 heteroatoms. The van der Waals surface area contributed by atoms with Gasteiger partial charge in [0.2, 0.25) is 10.4 Å². The van der Waals surface area contributed by atoms with Crippen LogP contribution in [-0.4, -0.2) is 29.8 Å². The molecule has 3 aliphatic carbocycles. The molecule has 0 aromatic rings. The lowest BCUT2D eigenvalue weighted by molar-refractivity contribution is 0.0596. The van der Waals surface area contributed by atoms with E-state index in [0.717, 1.165) is 30.4 Å². The fraction of sp³-hybridized carbons (Fsp3) is 0.778. The lowest BCUT2D eigenvalue weighted by Gasteiger charge is -2.44. The van der Waals surface area contributed by atoms with Crippen molar-refractivity contribution >= 4 is 10.4 Å². The Balaban J connectivity index is 1.69. The summed E-state index contributed by atoms with van der Waals surface area (Å²) in [7, 11) is -4.69.